The van der Waals surface area contributed by atoms with Crippen LogP contribution in [0.2, 0.25) is 0 Å². The van der Waals surface area contributed by atoms with Gasteiger partial charge in [-0.15, -0.1) is 0 Å². The topological polar surface area (TPSA) is 62.7 Å². The highest BCUT2D eigenvalue weighted by Gasteiger charge is 2.17. The van der Waals surface area contributed by atoms with Crippen molar-refractivity contribution in [1.29, 1.82) is 0 Å². The first-order valence-electron chi connectivity index (χ1n) is 4.31. The monoisotopic (exact) mass is 185 g/mol. The van der Waals surface area contributed by atoms with Crippen molar-refractivity contribution in [1.82, 2.24) is 10.6 Å². The van der Waals surface area contributed by atoms with E-state index in [-0.39, 0.29) is 11.9 Å². The van der Waals surface area contributed by atoms with E-state index >= 15 is 0 Å². The lowest BCUT2D eigenvalue weighted by Crippen LogP contribution is -2.53. The van der Waals surface area contributed by atoms with Crippen molar-refractivity contribution in [3.05, 3.63) is 0 Å². The summed E-state index contributed by atoms with van der Waals surface area (Å²) in [4.78, 5) is 15.9. The summed E-state index contributed by atoms with van der Waals surface area (Å²) >= 11 is 0. The van der Waals surface area contributed by atoms with Crippen molar-refractivity contribution < 1.29 is 9.63 Å². The van der Waals surface area contributed by atoms with Crippen LogP contribution >= 0.6 is 0 Å². The van der Waals surface area contributed by atoms with E-state index in [1.807, 2.05) is 13.8 Å². The zero-order chi connectivity index (χ0) is 9.68. The minimum atomic E-state index is 0.0112. The fourth-order valence-electron chi connectivity index (χ4n) is 1.05. The molecule has 0 bridgehead atoms. The first-order valence-corrected chi connectivity index (χ1v) is 4.31. The Morgan fingerprint density at radius 1 is 1.69 bits per heavy atom. The molecule has 1 saturated heterocycles. The molecule has 1 amide bonds. The highest BCUT2D eigenvalue weighted by Crippen LogP contribution is 1.90. The molecule has 13 heavy (non-hydrogen) atoms. The third kappa shape index (κ3) is 3.89. The van der Waals surface area contributed by atoms with Gasteiger partial charge in [-0.2, -0.15) is 0 Å². The number of oxime groups is 1. The van der Waals surface area contributed by atoms with Gasteiger partial charge in [0, 0.05) is 6.54 Å². The summed E-state index contributed by atoms with van der Waals surface area (Å²) in [5.41, 5.74) is 0.870. The molecule has 0 aromatic carbocycles. The van der Waals surface area contributed by atoms with Crippen molar-refractivity contribution >= 4 is 11.6 Å². The van der Waals surface area contributed by atoms with E-state index in [0.29, 0.717) is 13.2 Å². The number of nitrogens with one attached hydrogen (secondary N) is 2. The normalized spacial score (nSPS) is 22.0. The Labute approximate surface area is 77.5 Å². The summed E-state index contributed by atoms with van der Waals surface area (Å²) in [6.45, 7) is 5.27. The minimum absolute atomic E-state index is 0.0112. The highest BCUT2D eigenvalue weighted by atomic mass is 16.6. The van der Waals surface area contributed by atoms with Gasteiger partial charge in [-0.1, -0.05) is 5.16 Å². The molecule has 2 N–H and O–H groups in total. The average molecular weight is 185 g/mol. The van der Waals surface area contributed by atoms with Gasteiger partial charge in [0.25, 0.3) is 0 Å². The van der Waals surface area contributed by atoms with Crippen molar-refractivity contribution in [2.45, 2.75) is 19.9 Å². The van der Waals surface area contributed by atoms with Crippen LogP contribution in [0.3, 0.4) is 0 Å². The maximum absolute atomic E-state index is 10.9. The van der Waals surface area contributed by atoms with Gasteiger partial charge in [-0.25, -0.2) is 0 Å². The zero-order valence-corrected chi connectivity index (χ0v) is 7.96. The van der Waals surface area contributed by atoms with Gasteiger partial charge >= 0.3 is 0 Å². The number of hydrogen-bond donors (Lipinski definition) is 2. The number of carbonyl (C=O) groups is 1. The molecule has 0 saturated carbocycles. The molecule has 1 aliphatic heterocycles. The van der Waals surface area contributed by atoms with Crippen LogP contribution in [-0.4, -0.2) is 37.4 Å². The van der Waals surface area contributed by atoms with Gasteiger partial charge in [0.15, 0.2) is 0 Å². The predicted molar refractivity (Wildman–Crippen MR) is 49.5 cm³/mol. The van der Waals surface area contributed by atoms with Crippen LogP contribution in [0, 0.1) is 0 Å². The molecule has 1 aliphatic rings. The first kappa shape index (κ1) is 9.98. The Kier molecular flexibility index (Phi) is 3.70. The van der Waals surface area contributed by atoms with E-state index in [2.05, 4.69) is 15.8 Å². The maximum atomic E-state index is 10.9. The lowest BCUT2D eigenvalue weighted by molar-refractivity contribution is -0.122. The maximum Gasteiger partial charge on any atom is 0.234 e. The van der Waals surface area contributed by atoms with Gasteiger partial charge in [0.05, 0.1) is 18.3 Å². The summed E-state index contributed by atoms with van der Waals surface area (Å²) in [5.74, 6) is 0.0112. The fourth-order valence-corrected chi connectivity index (χ4v) is 1.05. The van der Waals surface area contributed by atoms with Crippen LogP contribution in [0.1, 0.15) is 13.8 Å². The van der Waals surface area contributed by atoms with E-state index in [9.17, 15) is 4.79 Å². The summed E-state index contributed by atoms with van der Waals surface area (Å²) < 4.78 is 0. The number of nitrogens with zero attached hydrogens (tertiary/aromatic N) is 1. The Morgan fingerprint density at radius 3 is 3.08 bits per heavy atom. The lowest BCUT2D eigenvalue weighted by atomic mass is 10.2. The second kappa shape index (κ2) is 4.81. The molecule has 0 aromatic rings. The molecule has 0 unspecified atom stereocenters. The van der Waals surface area contributed by atoms with Crippen LogP contribution in [-0.2, 0) is 9.63 Å². The Bertz CT molecular complexity index is 211. The van der Waals surface area contributed by atoms with Crippen LogP contribution < -0.4 is 10.6 Å². The molecular weight excluding hydrogens is 170 g/mol. The Morgan fingerprint density at radius 2 is 2.46 bits per heavy atom. The van der Waals surface area contributed by atoms with Gasteiger partial charge in [-0.05, 0) is 13.8 Å². The largest absolute Gasteiger partial charge is 0.394 e. The molecule has 0 radical (unpaired) electrons. The zero-order valence-electron chi connectivity index (χ0n) is 7.96. The van der Waals surface area contributed by atoms with Crippen LogP contribution in [0.15, 0.2) is 5.16 Å². The van der Waals surface area contributed by atoms with Crippen LogP contribution in [0.5, 0.6) is 0 Å². The fraction of sp³-hybridized carbons (Fsp3) is 0.750. The van der Waals surface area contributed by atoms with Crippen LogP contribution in [0.4, 0.5) is 0 Å². The standard InChI is InChI=1S/C8H15N3O2/c1-6(2)11-13-5-7-3-9-4-8(12)10-7/h7,9H,3-5H2,1-2H3,(H,10,12)/t7-/m1/s1. The van der Waals surface area contributed by atoms with Crippen molar-refractivity contribution in [2.24, 2.45) is 5.16 Å². The molecule has 0 aromatic heterocycles. The van der Waals surface area contributed by atoms with E-state index in [0.717, 1.165) is 12.3 Å². The van der Waals surface area contributed by atoms with Gasteiger partial charge in [0.2, 0.25) is 5.91 Å². The smallest absolute Gasteiger partial charge is 0.234 e. The lowest BCUT2D eigenvalue weighted by Gasteiger charge is -2.22. The second-order valence-corrected chi connectivity index (χ2v) is 3.23. The Hall–Kier alpha value is -1.10. The molecular formula is C8H15N3O2. The molecule has 0 spiro atoms. The molecule has 1 atom stereocenters. The van der Waals surface area contributed by atoms with E-state index in [1.165, 1.54) is 0 Å². The second-order valence-electron chi connectivity index (χ2n) is 3.23. The molecule has 74 valence electrons. The predicted octanol–water partition coefficient (Wildman–Crippen LogP) is -0.513. The summed E-state index contributed by atoms with van der Waals surface area (Å²) in [6.07, 6.45) is 0. The summed E-state index contributed by atoms with van der Waals surface area (Å²) in [5, 5.41) is 9.56. The number of carbonyl (C=O) groups excluding carboxylic acids is 1. The minimum Gasteiger partial charge on any atom is -0.394 e. The van der Waals surface area contributed by atoms with Gasteiger partial charge < -0.3 is 15.5 Å². The highest BCUT2D eigenvalue weighted by molar-refractivity contribution is 5.79. The third-order valence-electron chi connectivity index (χ3n) is 1.56. The van der Waals surface area contributed by atoms with Crippen molar-refractivity contribution in [3.8, 4) is 0 Å². The third-order valence-corrected chi connectivity index (χ3v) is 1.56. The average Bonchev–Trinajstić information content (AvgIpc) is 2.03. The molecule has 5 heteroatoms. The number of rotatable bonds is 3. The Balaban J connectivity index is 2.21. The quantitative estimate of drug-likeness (QED) is 0.459. The van der Waals surface area contributed by atoms with Crippen LogP contribution in [0.25, 0.3) is 0 Å². The van der Waals surface area contributed by atoms with E-state index in [1.54, 1.807) is 0 Å². The SMILES string of the molecule is CC(C)=NOC[C@H]1CNCC(=O)N1. The molecule has 5 nitrogen and oxygen atoms in total. The van der Waals surface area contributed by atoms with Gasteiger partial charge in [-0.3, -0.25) is 4.79 Å². The summed E-state index contributed by atoms with van der Waals surface area (Å²) in [7, 11) is 0. The number of amides is 1. The summed E-state index contributed by atoms with van der Waals surface area (Å²) in [6, 6.07) is 0.0318. The molecule has 1 heterocycles. The van der Waals surface area contributed by atoms with E-state index in [4.69, 9.17) is 4.84 Å². The first-order chi connectivity index (χ1) is 6.18. The molecule has 1 fully saturated rings. The number of piperazine rings is 1. The number of hydrogen-bond acceptors (Lipinski definition) is 4. The molecule has 0 aliphatic carbocycles. The van der Waals surface area contributed by atoms with E-state index < -0.39 is 0 Å². The van der Waals surface area contributed by atoms with Gasteiger partial charge in [0.1, 0.15) is 6.61 Å². The van der Waals surface area contributed by atoms with Crippen molar-refractivity contribution in [2.75, 3.05) is 19.7 Å². The van der Waals surface area contributed by atoms with Crippen molar-refractivity contribution in [3.63, 3.8) is 0 Å². The molecule has 1 rings (SSSR count).